The van der Waals surface area contributed by atoms with Gasteiger partial charge in [-0.15, -0.1) is 0 Å². The molecule has 0 radical (unpaired) electrons. The number of aryl methyl sites for hydroxylation is 1. The van der Waals surface area contributed by atoms with Gasteiger partial charge in [0, 0.05) is 23.7 Å². The first-order valence-electron chi connectivity index (χ1n) is 9.77. The molecule has 8 heteroatoms. The molecule has 1 aromatic carbocycles. The number of pyridine rings is 1. The van der Waals surface area contributed by atoms with Crippen LogP contribution in [0, 0.1) is 6.92 Å². The third-order valence-electron chi connectivity index (χ3n) is 4.73. The molecule has 0 saturated carbocycles. The molecule has 0 fully saturated rings. The summed E-state index contributed by atoms with van der Waals surface area (Å²) in [6, 6.07) is 14.9. The van der Waals surface area contributed by atoms with Gasteiger partial charge >= 0.3 is 0 Å². The second-order valence-electron chi connectivity index (χ2n) is 6.94. The van der Waals surface area contributed by atoms with Crippen molar-refractivity contribution in [3.05, 3.63) is 83.8 Å². The molecule has 0 aliphatic carbocycles. The van der Waals surface area contributed by atoms with Gasteiger partial charge in [-0.05, 0) is 37.1 Å². The molecule has 3 aromatic heterocycles. The Morgan fingerprint density at radius 3 is 2.77 bits per heavy atom. The van der Waals surface area contributed by atoms with Gasteiger partial charge in [0.05, 0.1) is 6.54 Å². The molecule has 30 heavy (non-hydrogen) atoms. The van der Waals surface area contributed by atoms with Gasteiger partial charge in [-0.2, -0.15) is 10.1 Å². The van der Waals surface area contributed by atoms with Crippen molar-refractivity contribution in [2.24, 2.45) is 0 Å². The Kier molecular flexibility index (Phi) is 5.65. The maximum atomic E-state index is 12.9. The van der Waals surface area contributed by atoms with Crippen LogP contribution >= 0.6 is 0 Å². The largest absolute Gasteiger partial charge is 0.339 e. The molecule has 0 aliphatic heterocycles. The van der Waals surface area contributed by atoms with Crippen molar-refractivity contribution in [1.82, 2.24) is 30.2 Å². The van der Waals surface area contributed by atoms with Crippen LogP contribution in [0.2, 0.25) is 0 Å². The summed E-state index contributed by atoms with van der Waals surface area (Å²) in [7, 11) is 0. The Morgan fingerprint density at radius 1 is 1.17 bits per heavy atom. The van der Waals surface area contributed by atoms with Crippen LogP contribution in [0.5, 0.6) is 0 Å². The van der Waals surface area contributed by atoms with E-state index in [1.54, 1.807) is 23.1 Å². The summed E-state index contributed by atoms with van der Waals surface area (Å²) in [5.74, 6) is 0.594. The zero-order valence-corrected chi connectivity index (χ0v) is 16.8. The van der Waals surface area contributed by atoms with Gasteiger partial charge in [0.1, 0.15) is 11.7 Å². The first-order valence-corrected chi connectivity index (χ1v) is 9.77. The lowest BCUT2D eigenvalue weighted by Crippen LogP contribution is -2.30. The molecule has 3 heterocycles. The first-order chi connectivity index (χ1) is 14.6. The van der Waals surface area contributed by atoms with Crippen molar-refractivity contribution in [2.45, 2.75) is 32.9 Å². The van der Waals surface area contributed by atoms with Crippen LogP contribution in [0.4, 0.5) is 0 Å². The van der Waals surface area contributed by atoms with Crippen molar-refractivity contribution in [3.63, 3.8) is 0 Å². The van der Waals surface area contributed by atoms with Crippen molar-refractivity contribution >= 4 is 5.91 Å². The molecular weight excluding hydrogens is 380 g/mol. The van der Waals surface area contributed by atoms with Crippen LogP contribution in [-0.2, 0) is 6.54 Å². The number of amides is 1. The number of hydrogen-bond donors (Lipinski definition) is 1. The SMILES string of the molecule is CCC(NC(=O)c1ccnn1Cc1ccccc1)c1nc(-c2ccnc(C)c2)no1. The first kappa shape index (κ1) is 19.5. The van der Waals surface area contributed by atoms with E-state index < -0.39 is 6.04 Å². The van der Waals surface area contributed by atoms with E-state index in [0.717, 1.165) is 16.8 Å². The molecule has 0 saturated heterocycles. The van der Waals surface area contributed by atoms with Gasteiger partial charge < -0.3 is 9.84 Å². The average Bonchev–Trinajstić information content (AvgIpc) is 3.43. The van der Waals surface area contributed by atoms with E-state index in [0.29, 0.717) is 30.4 Å². The van der Waals surface area contributed by atoms with Crippen LogP contribution in [0.25, 0.3) is 11.4 Å². The summed E-state index contributed by atoms with van der Waals surface area (Å²) in [6.45, 7) is 4.37. The highest BCUT2D eigenvalue weighted by molar-refractivity contribution is 5.92. The highest BCUT2D eigenvalue weighted by atomic mass is 16.5. The van der Waals surface area contributed by atoms with E-state index in [9.17, 15) is 4.79 Å². The Hall–Kier alpha value is -3.81. The monoisotopic (exact) mass is 402 g/mol. The molecule has 8 nitrogen and oxygen atoms in total. The fourth-order valence-corrected chi connectivity index (χ4v) is 3.16. The predicted octanol–water partition coefficient (Wildman–Crippen LogP) is 3.57. The number of rotatable bonds is 7. The predicted molar refractivity (Wildman–Crippen MR) is 111 cm³/mol. The van der Waals surface area contributed by atoms with Gasteiger partial charge in [0.2, 0.25) is 11.7 Å². The van der Waals surface area contributed by atoms with Gasteiger partial charge in [-0.3, -0.25) is 14.5 Å². The third-order valence-corrected chi connectivity index (χ3v) is 4.73. The molecular formula is C22H22N6O2. The Labute approximate surface area is 174 Å². The number of aromatic nitrogens is 5. The lowest BCUT2D eigenvalue weighted by Gasteiger charge is -2.14. The second-order valence-corrected chi connectivity index (χ2v) is 6.94. The number of carbonyl (C=O) groups is 1. The minimum atomic E-state index is -0.401. The summed E-state index contributed by atoms with van der Waals surface area (Å²) >= 11 is 0. The number of hydrogen-bond acceptors (Lipinski definition) is 6. The molecule has 0 aliphatic rings. The number of carbonyl (C=O) groups excluding carboxylic acids is 1. The summed E-state index contributed by atoms with van der Waals surface area (Å²) in [4.78, 5) is 21.6. The van der Waals surface area contributed by atoms with E-state index in [1.165, 1.54) is 0 Å². The smallest absolute Gasteiger partial charge is 0.270 e. The molecule has 1 atom stereocenters. The molecule has 4 rings (SSSR count). The van der Waals surface area contributed by atoms with E-state index in [4.69, 9.17) is 4.52 Å². The molecule has 1 amide bonds. The standard InChI is InChI=1S/C22H22N6O2/c1-3-18(22-26-20(27-30-22)17-9-11-23-15(2)13-17)25-21(29)19-10-12-24-28(19)14-16-7-5-4-6-8-16/h4-13,18H,3,14H2,1-2H3,(H,25,29). The van der Waals surface area contributed by atoms with Crippen molar-refractivity contribution in [2.75, 3.05) is 0 Å². The number of nitrogens with one attached hydrogen (secondary N) is 1. The highest BCUT2D eigenvalue weighted by Gasteiger charge is 2.22. The zero-order valence-electron chi connectivity index (χ0n) is 16.8. The molecule has 0 bridgehead atoms. The number of nitrogens with zero attached hydrogens (tertiary/aromatic N) is 5. The maximum absolute atomic E-state index is 12.9. The van der Waals surface area contributed by atoms with Gasteiger partial charge in [0.15, 0.2) is 0 Å². The zero-order chi connectivity index (χ0) is 20.9. The molecule has 1 N–H and O–H groups in total. The van der Waals surface area contributed by atoms with Crippen LogP contribution in [-0.4, -0.2) is 30.8 Å². The van der Waals surface area contributed by atoms with Crippen molar-refractivity contribution in [3.8, 4) is 11.4 Å². The second kappa shape index (κ2) is 8.69. The summed E-state index contributed by atoms with van der Waals surface area (Å²) < 4.78 is 7.11. The fourth-order valence-electron chi connectivity index (χ4n) is 3.16. The van der Waals surface area contributed by atoms with Gasteiger partial charge in [0.25, 0.3) is 5.91 Å². The lowest BCUT2D eigenvalue weighted by atomic mass is 10.2. The fraction of sp³-hybridized carbons (Fsp3) is 0.227. The lowest BCUT2D eigenvalue weighted by molar-refractivity contribution is 0.0916. The quantitative estimate of drug-likeness (QED) is 0.507. The topological polar surface area (TPSA) is 98.7 Å². The molecule has 152 valence electrons. The summed E-state index contributed by atoms with van der Waals surface area (Å²) in [6.07, 6.45) is 3.93. The summed E-state index contributed by atoms with van der Waals surface area (Å²) in [5.41, 5.74) is 3.23. The van der Waals surface area contributed by atoms with Gasteiger partial charge in [-0.1, -0.05) is 42.4 Å². The summed E-state index contributed by atoms with van der Waals surface area (Å²) in [5, 5.41) is 11.3. The normalized spacial score (nSPS) is 11.9. The van der Waals surface area contributed by atoms with Crippen LogP contribution in [0.1, 0.15) is 47.0 Å². The van der Waals surface area contributed by atoms with E-state index in [-0.39, 0.29) is 5.91 Å². The highest BCUT2D eigenvalue weighted by Crippen LogP contribution is 2.21. The molecule has 0 spiro atoms. The molecule has 1 unspecified atom stereocenters. The van der Waals surface area contributed by atoms with E-state index in [1.807, 2.05) is 56.3 Å². The third kappa shape index (κ3) is 4.27. The van der Waals surface area contributed by atoms with Crippen LogP contribution < -0.4 is 5.32 Å². The van der Waals surface area contributed by atoms with Crippen LogP contribution in [0.15, 0.2) is 65.4 Å². The van der Waals surface area contributed by atoms with Gasteiger partial charge in [-0.25, -0.2) is 0 Å². The van der Waals surface area contributed by atoms with Crippen molar-refractivity contribution in [1.29, 1.82) is 0 Å². The Bertz CT molecular complexity index is 1140. The average molecular weight is 402 g/mol. The Morgan fingerprint density at radius 2 is 2.00 bits per heavy atom. The molecule has 4 aromatic rings. The van der Waals surface area contributed by atoms with E-state index >= 15 is 0 Å². The van der Waals surface area contributed by atoms with Crippen molar-refractivity contribution < 1.29 is 9.32 Å². The Balaban J connectivity index is 1.50. The minimum absolute atomic E-state index is 0.241. The van der Waals surface area contributed by atoms with Crippen LogP contribution in [0.3, 0.4) is 0 Å². The number of benzene rings is 1. The minimum Gasteiger partial charge on any atom is -0.339 e. The van der Waals surface area contributed by atoms with E-state index in [2.05, 4.69) is 25.5 Å². The maximum Gasteiger partial charge on any atom is 0.270 e.